The second kappa shape index (κ2) is 10.4. The molecule has 1 amide bonds. The molecule has 1 aromatic heterocycles. The monoisotopic (exact) mass is 453 g/mol. The molecule has 0 spiro atoms. The minimum atomic E-state index is -0.208. The van der Waals surface area contributed by atoms with E-state index < -0.39 is 0 Å². The molecule has 0 saturated heterocycles. The van der Waals surface area contributed by atoms with Gasteiger partial charge in [0.1, 0.15) is 0 Å². The number of benzene rings is 4. The summed E-state index contributed by atoms with van der Waals surface area (Å²) in [5.41, 5.74) is 10.1. The summed E-state index contributed by atoms with van der Waals surface area (Å²) in [5.74, 6) is -0.208. The van der Waals surface area contributed by atoms with Crippen LogP contribution < -0.4 is 10.1 Å². The number of nitrogens with zero attached hydrogens (tertiary/aromatic N) is 1. The van der Waals surface area contributed by atoms with Crippen LogP contribution in [0.15, 0.2) is 140 Å². The van der Waals surface area contributed by atoms with Gasteiger partial charge in [-0.3, -0.25) is 4.79 Å². The van der Waals surface area contributed by atoms with Gasteiger partial charge < -0.3 is 0 Å². The Hall–Kier alpha value is -4.76. The highest BCUT2D eigenvalue weighted by Gasteiger charge is 2.24. The van der Waals surface area contributed by atoms with Crippen molar-refractivity contribution in [3.05, 3.63) is 145 Å². The van der Waals surface area contributed by atoms with Crippen LogP contribution in [-0.2, 0) is 4.79 Å². The van der Waals surface area contributed by atoms with E-state index in [1.54, 1.807) is 6.08 Å². The van der Waals surface area contributed by atoms with Crippen molar-refractivity contribution in [2.45, 2.75) is 0 Å². The third-order valence-corrected chi connectivity index (χ3v) is 5.76. The Morgan fingerprint density at radius 1 is 0.543 bits per heavy atom. The van der Waals surface area contributed by atoms with Crippen LogP contribution in [0.3, 0.4) is 0 Å². The lowest BCUT2D eigenvalue weighted by atomic mass is 9.99. The van der Waals surface area contributed by atoms with Crippen molar-refractivity contribution in [2.75, 3.05) is 5.43 Å². The molecule has 0 radical (unpaired) electrons. The van der Waals surface area contributed by atoms with Crippen molar-refractivity contribution in [1.29, 1.82) is 0 Å². The maximum absolute atomic E-state index is 13.1. The summed E-state index contributed by atoms with van der Waals surface area (Å²) in [6.07, 6.45) is 3.38. The smallest absolute Gasteiger partial charge is 0.264 e. The zero-order valence-electron chi connectivity index (χ0n) is 19.2. The highest BCUT2D eigenvalue weighted by atomic mass is 16.2. The third-order valence-electron chi connectivity index (χ3n) is 5.76. The molecule has 3 nitrogen and oxygen atoms in total. The van der Waals surface area contributed by atoms with E-state index in [9.17, 15) is 4.79 Å². The molecule has 0 bridgehead atoms. The summed E-state index contributed by atoms with van der Waals surface area (Å²) in [5, 5.41) is 0. The summed E-state index contributed by atoms with van der Waals surface area (Å²) in [7, 11) is 0. The van der Waals surface area contributed by atoms with Gasteiger partial charge in [0.25, 0.3) is 5.91 Å². The first-order chi connectivity index (χ1) is 17.3. The summed E-state index contributed by atoms with van der Waals surface area (Å²) < 4.78 is 1.88. The van der Waals surface area contributed by atoms with E-state index in [4.69, 9.17) is 0 Å². The number of pyridine rings is 1. The number of rotatable bonds is 6. The predicted molar refractivity (Wildman–Crippen MR) is 143 cm³/mol. The fourth-order valence-corrected chi connectivity index (χ4v) is 4.04. The molecule has 5 aromatic rings. The second-order valence-corrected chi connectivity index (χ2v) is 8.17. The summed E-state index contributed by atoms with van der Waals surface area (Å²) in [6, 6.07) is 44.6. The molecule has 0 aliphatic carbocycles. The SMILES string of the molecule is O=C(/C=C/c1ccccc1)N[n+]1c(-c2ccccc2)cc(-c2ccccc2)cc1-c1ccccc1. The molecule has 0 fully saturated rings. The lowest BCUT2D eigenvalue weighted by Crippen LogP contribution is -2.51. The molecule has 0 saturated carbocycles. The van der Waals surface area contributed by atoms with Crippen molar-refractivity contribution in [3.8, 4) is 33.6 Å². The summed E-state index contributed by atoms with van der Waals surface area (Å²) in [4.78, 5) is 13.1. The van der Waals surface area contributed by atoms with Crippen LogP contribution in [0.25, 0.3) is 39.7 Å². The molecule has 1 heterocycles. The summed E-state index contributed by atoms with van der Waals surface area (Å²) in [6.45, 7) is 0. The molecule has 3 heteroatoms. The standard InChI is InChI=1S/C32H24N2O/c35-32(22-21-25-13-5-1-6-14-25)33-34-30(27-17-9-3-10-18-27)23-29(26-15-7-2-8-16-26)24-31(34)28-19-11-4-12-20-28/h1-24H/p+1/b22-21+. The summed E-state index contributed by atoms with van der Waals surface area (Å²) >= 11 is 0. The van der Waals surface area contributed by atoms with Crippen LogP contribution in [0.1, 0.15) is 5.56 Å². The van der Waals surface area contributed by atoms with E-state index in [2.05, 4.69) is 54.0 Å². The fraction of sp³-hybridized carbons (Fsp3) is 0. The lowest BCUT2D eigenvalue weighted by Gasteiger charge is -2.12. The predicted octanol–water partition coefficient (Wildman–Crippen LogP) is 6.76. The van der Waals surface area contributed by atoms with Crippen LogP contribution in [0.4, 0.5) is 0 Å². The molecule has 0 aliphatic rings. The van der Waals surface area contributed by atoms with Crippen molar-refractivity contribution in [1.82, 2.24) is 0 Å². The molecule has 35 heavy (non-hydrogen) atoms. The normalized spacial score (nSPS) is 10.9. The molecular weight excluding hydrogens is 428 g/mol. The van der Waals surface area contributed by atoms with Gasteiger partial charge >= 0.3 is 0 Å². The van der Waals surface area contributed by atoms with E-state index in [1.807, 2.05) is 95.7 Å². The maximum atomic E-state index is 13.1. The van der Waals surface area contributed by atoms with Gasteiger partial charge in [0.2, 0.25) is 11.4 Å². The lowest BCUT2D eigenvalue weighted by molar-refractivity contribution is -0.619. The molecule has 0 atom stereocenters. The number of amides is 1. The van der Waals surface area contributed by atoms with Gasteiger partial charge in [-0.15, -0.1) is 5.43 Å². The number of hydrogen-bond acceptors (Lipinski definition) is 1. The number of carbonyl (C=O) groups is 1. The Balaban J connectivity index is 1.66. The quantitative estimate of drug-likeness (QED) is 0.224. The van der Waals surface area contributed by atoms with Crippen LogP contribution >= 0.6 is 0 Å². The van der Waals surface area contributed by atoms with Gasteiger partial charge in [-0.1, -0.05) is 102 Å². The number of carbonyl (C=O) groups excluding carboxylic acids is 1. The van der Waals surface area contributed by atoms with Crippen LogP contribution in [-0.4, -0.2) is 5.91 Å². The zero-order chi connectivity index (χ0) is 23.9. The Morgan fingerprint density at radius 3 is 1.46 bits per heavy atom. The Morgan fingerprint density at radius 2 is 0.971 bits per heavy atom. The van der Waals surface area contributed by atoms with Crippen LogP contribution in [0.2, 0.25) is 0 Å². The van der Waals surface area contributed by atoms with E-state index in [-0.39, 0.29) is 5.91 Å². The van der Waals surface area contributed by atoms with E-state index in [0.717, 1.165) is 39.2 Å². The van der Waals surface area contributed by atoms with Crippen molar-refractivity contribution in [2.24, 2.45) is 0 Å². The van der Waals surface area contributed by atoms with Crippen molar-refractivity contribution < 1.29 is 9.47 Å². The topological polar surface area (TPSA) is 33.0 Å². The molecular formula is C32H25N2O+. The van der Waals surface area contributed by atoms with Gasteiger partial charge in [-0.05, 0) is 47.0 Å². The van der Waals surface area contributed by atoms with Gasteiger partial charge in [0.15, 0.2) is 0 Å². The minimum absolute atomic E-state index is 0.208. The highest BCUT2D eigenvalue weighted by Crippen LogP contribution is 2.28. The van der Waals surface area contributed by atoms with E-state index in [0.29, 0.717) is 0 Å². The number of hydrogen-bond donors (Lipinski definition) is 1. The van der Waals surface area contributed by atoms with Crippen LogP contribution in [0.5, 0.6) is 0 Å². The number of nitrogens with one attached hydrogen (secondary N) is 1. The molecule has 0 aliphatic heterocycles. The van der Waals surface area contributed by atoms with E-state index in [1.165, 1.54) is 0 Å². The van der Waals surface area contributed by atoms with Gasteiger partial charge in [0.05, 0.1) is 0 Å². The van der Waals surface area contributed by atoms with E-state index >= 15 is 0 Å². The first-order valence-corrected chi connectivity index (χ1v) is 11.6. The highest BCUT2D eigenvalue weighted by molar-refractivity contribution is 5.96. The third kappa shape index (κ3) is 5.26. The fourth-order valence-electron chi connectivity index (χ4n) is 4.04. The van der Waals surface area contributed by atoms with Gasteiger partial charge in [0, 0.05) is 29.3 Å². The van der Waals surface area contributed by atoms with Gasteiger partial charge in [-0.25, -0.2) is 0 Å². The van der Waals surface area contributed by atoms with Crippen LogP contribution in [0, 0.1) is 0 Å². The molecule has 168 valence electrons. The first-order valence-electron chi connectivity index (χ1n) is 11.6. The number of aromatic nitrogens is 1. The largest absolute Gasteiger partial charge is 0.298 e. The second-order valence-electron chi connectivity index (χ2n) is 8.17. The zero-order valence-corrected chi connectivity index (χ0v) is 19.2. The Labute approximate surface area is 205 Å². The Bertz CT molecular complexity index is 1390. The maximum Gasteiger partial charge on any atom is 0.298 e. The molecule has 1 N–H and O–H groups in total. The van der Waals surface area contributed by atoms with Crippen molar-refractivity contribution >= 4 is 12.0 Å². The molecule has 4 aromatic carbocycles. The molecule has 5 rings (SSSR count). The molecule has 0 unspecified atom stereocenters. The van der Waals surface area contributed by atoms with Gasteiger partial charge in [-0.2, -0.15) is 0 Å². The first kappa shape index (κ1) is 22.1. The average Bonchev–Trinajstić information content (AvgIpc) is 2.94. The Kier molecular flexibility index (Phi) is 6.58. The average molecular weight is 454 g/mol. The minimum Gasteiger partial charge on any atom is -0.264 e. The van der Waals surface area contributed by atoms with Crippen molar-refractivity contribution in [3.63, 3.8) is 0 Å².